The Morgan fingerprint density at radius 1 is 1.91 bits per heavy atom. The van der Waals surface area contributed by atoms with E-state index in [1.54, 1.807) is 18.4 Å². The van der Waals surface area contributed by atoms with Crippen LogP contribution in [0.5, 0.6) is 0 Å². The van der Waals surface area contributed by atoms with Gasteiger partial charge in [0.05, 0.1) is 17.1 Å². The van der Waals surface area contributed by atoms with E-state index in [0.29, 0.717) is 5.56 Å². The zero-order valence-corrected chi connectivity index (χ0v) is 6.94. The summed E-state index contributed by atoms with van der Waals surface area (Å²) in [6.07, 6.45) is -0.309. The molecule has 0 aliphatic carbocycles. The summed E-state index contributed by atoms with van der Waals surface area (Å²) in [6, 6.07) is 1.71. The predicted octanol–water partition coefficient (Wildman–Crippen LogP) is 0.583. The second-order valence-corrected chi connectivity index (χ2v) is 2.91. The fraction of sp³-hybridized carbons (Fsp3) is 0.286. The molecule has 1 radical (unpaired) electrons. The molecule has 0 aliphatic heterocycles. The average Bonchev–Trinajstić information content (AvgIpc) is 2.35. The van der Waals surface area contributed by atoms with Crippen LogP contribution < -0.4 is 11.1 Å². The van der Waals surface area contributed by atoms with Crippen LogP contribution in [-0.2, 0) is 0 Å². The van der Waals surface area contributed by atoms with Gasteiger partial charge < -0.3 is 11.1 Å². The van der Waals surface area contributed by atoms with Crippen molar-refractivity contribution in [3.05, 3.63) is 22.4 Å². The summed E-state index contributed by atoms with van der Waals surface area (Å²) in [5.74, 6) is -0.166. The van der Waals surface area contributed by atoms with Gasteiger partial charge in [0.15, 0.2) is 0 Å². The van der Waals surface area contributed by atoms with Gasteiger partial charge in [0.25, 0.3) is 5.91 Å². The van der Waals surface area contributed by atoms with Crippen LogP contribution in [0.25, 0.3) is 0 Å². The number of nitrogens with two attached hydrogens (primary N) is 1. The fourth-order valence-corrected chi connectivity index (χ4v) is 1.20. The van der Waals surface area contributed by atoms with Gasteiger partial charge in [0.2, 0.25) is 0 Å². The van der Waals surface area contributed by atoms with E-state index in [-0.39, 0.29) is 12.1 Å². The highest BCUT2D eigenvalue weighted by Gasteiger charge is 2.06. The fourth-order valence-electron chi connectivity index (χ4n) is 0.640. The quantitative estimate of drug-likeness (QED) is 0.636. The van der Waals surface area contributed by atoms with Crippen molar-refractivity contribution in [2.45, 2.75) is 13.1 Å². The lowest BCUT2D eigenvalue weighted by molar-refractivity contribution is 0.0941. The molecule has 3 nitrogen and oxygen atoms in total. The molecule has 0 fully saturated rings. The van der Waals surface area contributed by atoms with E-state index in [1.165, 1.54) is 11.3 Å². The summed E-state index contributed by atoms with van der Waals surface area (Å²) < 4.78 is 0. The molecule has 59 valence electrons. The lowest BCUT2D eigenvalue weighted by atomic mass is 10.3. The van der Waals surface area contributed by atoms with Crippen molar-refractivity contribution >= 4 is 17.2 Å². The summed E-state index contributed by atoms with van der Waals surface area (Å²) in [5.41, 5.74) is 5.91. The molecular formula is C7H9N2OS. The summed E-state index contributed by atoms with van der Waals surface area (Å²) in [5, 5.41) is 7.18. The predicted molar refractivity (Wildman–Crippen MR) is 44.3 cm³/mol. The van der Waals surface area contributed by atoms with Crippen LogP contribution >= 0.6 is 11.3 Å². The molecule has 0 saturated heterocycles. The molecule has 4 heteroatoms. The van der Waals surface area contributed by atoms with E-state index in [0.717, 1.165) is 0 Å². The molecule has 1 rings (SSSR count). The summed E-state index contributed by atoms with van der Waals surface area (Å²) in [6.45, 7) is 1.71. The smallest absolute Gasteiger partial charge is 0.253 e. The standard InChI is InChI=1S/C7H9N2OS/c1-5(8)9-7(10)6-2-3-11-4-6/h2-3,5H,8H2,1H3,(H,9,10). The van der Waals surface area contributed by atoms with Crippen LogP contribution in [-0.4, -0.2) is 12.1 Å². The minimum atomic E-state index is -0.309. The van der Waals surface area contributed by atoms with Crippen LogP contribution in [0.2, 0.25) is 0 Å². The van der Waals surface area contributed by atoms with Gasteiger partial charge in [-0.1, -0.05) is 0 Å². The van der Waals surface area contributed by atoms with Crippen molar-refractivity contribution in [1.82, 2.24) is 5.32 Å². The number of thiophene rings is 1. The summed E-state index contributed by atoms with van der Waals surface area (Å²) in [4.78, 5) is 11.1. The molecule has 0 bridgehead atoms. The topological polar surface area (TPSA) is 55.1 Å². The highest BCUT2D eigenvalue weighted by molar-refractivity contribution is 7.07. The van der Waals surface area contributed by atoms with Crippen LogP contribution in [0.15, 0.2) is 11.4 Å². The molecule has 0 saturated carbocycles. The Morgan fingerprint density at radius 3 is 3.09 bits per heavy atom. The van der Waals surface area contributed by atoms with E-state index < -0.39 is 0 Å². The normalized spacial score (nSPS) is 12.5. The third kappa shape index (κ3) is 2.32. The molecule has 0 spiro atoms. The maximum Gasteiger partial charge on any atom is 0.253 e. The van der Waals surface area contributed by atoms with Gasteiger partial charge in [-0.15, -0.1) is 11.3 Å². The largest absolute Gasteiger partial charge is 0.337 e. The maximum atomic E-state index is 11.1. The van der Waals surface area contributed by atoms with Crippen LogP contribution in [0, 0.1) is 5.38 Å². The lowest BCUT2D eigenvalue weighted by Crippen LogP contribution is -2.38. The zero-order valence-electron chi connectivity index (χ0n) is 6.13. The molecule has 0 aromatic carbocycles. The van der Waals surface area contributed by atoms with Gasteiger partial charge in [-0.25, -0.2) is 0 Å². The van der Waals surface area contributed by atoms with Crippen molar-refractivity contribution in [2.24, 2.45) is 5.73 Å². The Hall–Kier alpha value is -0.870. The molecule has 0 aliphatic rings. The first-order valence-electron chi connectivity index (χ1n) is 3.22. The van der Waals surface area contributed by atoms with Gasteiger partial charge in [-0.05, 0) is 18.4 Å². The van der Waals surface area contributed by atoms with Gasteiger partial charge in [-0.3, -0.25) is 4.79 Å². The van der Waals surface area contributed by atoms with E-state index >= 15 is 0 Å². The Kier molecular flexibility index (Phi) is 2.62. The van der Waals surface area contributed by atoms with Gasteiger partial charge in [0.1, 0.15) is 0 Å². The van der Waals surface area contributed by atoms with Crippen LogP contribution in [0.3, 0.4) is 0 Å². The maximum absolute atomic E-state index is 11.1. The molecule has 1 heterocycles. The number of amides is 1. The number of carbonyl (C=O) groups is 1. The molecule has 1 aromatic rings. The summed E-state index contributed by atoms with van der Waals surface area (Å²) in [7, 11) is 0. The third-order valence-corrected chi connectivity index (χ3v) is 1.68. The molecule has 11 heavy (non-hydrogen) atoms. The number of nitrogens with one attached hydrogen (secondary N) is 1. The number of rotatable bonds is 2. The second-order valence-electron chi connectivity index (χ2n) is 2.20. The zero-order chi connectivity index (χ0) is 8.27. The highest BCUT2D eigenvalue weighted by Crippen LogP contribution is 2.03. The Bertz CT molecular complexity index is 231. The Labute approximate surface area is 69.2 Å². The molecule has 3 N–H and O–H groups in total. The highest BCUT2D eigenvalue weighted by atomic mass is 32.1. The average molecular weight is 169 g/mol. The van der Waals surface area contributed by atoms with E-state index in [1.807, 2.05) is 0 Å². The first kappa shape index (κ1) is 8.23. The molecular weight excluding hydrogens is 160 g/mol. The van der Waals surface area contributed by atoms with Crippen molar-refractivity contribution < 1.29 is 4.79 Å². The second kappa shape index (κ2) is 3.50. The van der Waals surface area contributed by atoms with E-state index in [4.69, 9.17) is 5.73 Å². The number of hydrogen-bond acceptors (Lipinski definition) is 3. The molecule has 1 unspecified atom stereocenters. The first-order valence-corrected chi connectivity index (χ1v) is 4.09. The summed E-state index contributed by atoms with van der Waals surface area (Å²) >= 11 is 1.37. The van der Waals surface area contributed by atoms with Crippen molar-refractivity contribution in [2.75, 3.05) is 0 Å². The Morgan fingerprint density at radius 2 is 2.64 bits per heavy atom. The SMILES string of the molecule is CC(N)NC(=O)c1[c]scc1. The Balaban J connectivity index is 2.57. The molecule has 1 atom stereocenters. The van der Waals surface area contributed by atoms with Gasteiger partial charge in [0, 0.05) is 0 Å². The van der Waals surface area contributed by atoms with E-state index in [2.05, 4.69) is 10.7 Å². The van der Waals surface area contributed by atoms with Crippen LogP contribution in [0.1, 0.15) is 17.3 Å². The minimum Gasteiger partial charge on any atom is -0.337 e. The number of carbonyl (C=O) groups excluding carboxylic acids is 1. The monoisotopic (exact) mass is 169 g/mol. The first-order chi connectivity index (χ1) is 5.20. The number of hydrogen-bond donors (Lipinski definition) is 2. The van der Waals surface area contributed by atoms with Gasteiger partial charge >= 0.3 is 0 Å². The minimum absolute atomic E-state index is 0.166. The van der Waals surface area contributed by atoms with Crippen molar-refractivity contribution in [3.8, 4) is 0 Å². The van der Waals surface area contributed by atoms with E-state index in [9.17, 15) is 4.79 Å². The van der Waals surface area contributed by atoms with Gasteiger partial charge in [-0.2, -0.15) is 0 Å². The van der Waals surface area contributed by atoms with Crippen molar-refractivity contribution in [3.63, 3.8) is 0 Å². The molecule has 1 aromatic heterocycles. The van der Waals surface area contributed by atoms with Crippen molar-refractivity contribution in [1.29, 1.82) is 0 Å². The van der Waals surface area contributed by atoms with Crippen LogP contribution in [0.4, 0.5) is 0 Å². The lowest BCUT2D eigenvalue weighted by Gasteiger charge is -2.05. The third-order valence-electron chi connectivity index (χ3n) is 1.08. The molecule has 1 amide bonds.